The first-order valence-electron chi connectivity index (χ1n) is 10.9. The van der Waals surface area contributed by atoms with Crippen molar-refractivity contribution in [3.63, 3.8) is 0 Å². The molecule has 1 fully saturated rings. The maximum Gasteiger partial charge on any atom is 0.306 e. The predicted octanol–water partition coefficient (Wildman–Crippen LogP) is 5.13. The van der Waals surface area contributed by atoms with Crippen LogP contribution < -0.4 is 9.47 Å². The molecule has 0 radical (unpaired) electrons. The van der Waals surface area contributed by atoms with Crippen LogP contribution in [0.15, 0.2) is 60.7 Å². The van der Waals surface area contributed by atoms with E-state index in [0.29, 0.717) is 25.2 Å². The van der Waals surface area contributed by atoms with Gasteiger partial charge in [0.25, 0.3) is 0 Å². The van der Waals surface area contributed by atoms with Crippen molar-refractivity contribution >= 4 is 16.7 Å². The van der Waals surface area contributed by atoms with Gasteiger partial charge in [-0.1, -0.05) is 48.5 Å². The van der Waals surface area contributed by atoms with E-state index in [2.05, 4.69) is 59.5 Å². The Morgan fingerprint density at radius 2 is 1.81 bits per heavy atom. The zero-order chi connectivity index (χ0) is 21.8. The quantitative estimate of drug-likeness (QED) is 0.575. The summed E-state index contributed by atoms with van der Waals surface area (Å²) in [6.45, 7) is 4.00. The van der Waals surface area contributed by atoms with Gasteiger partial charge in [-0.3, -0.25) is 9.69 Å². The maximum atomic E-state index is 11.5. The molecular formula is C26H29NO4. The second-order valence-corrected chi connectivity index (χ2v) is 7.96. The molecule has 162 valence electrons. The van der Waals surface area contributed by atoms with Gasteiger partial charge in [-0.25, -0.2) is 0 Å². The average Bonchev–Trinajstić information content (AvgIpc) is 2.80. The summed E-state index contributed by atoms with van der Waals surface area (Å²) >= 11 is 0. The van der Waals surface area contributed by atoms with E-state index in [4.69, 9.17) is 9.47 Å². The average molecular weight is 420 g/mol. The molecule has 3 aromatic rings. The third-order valence-corrected chi connectivity index (χ3v) is 6.17. The highest BCUT2D eigenvalue weighted by Gasteiger charge is 2.31. The monoisotopic (exact) mass is 419 g/mol. The SMILES string of the molecule is CCOc1cc(C(c2cccc3ccccc23)N2CCC(C(=O)O)CC2)ccc1OC. The van der Waals surface area contributed by atoms with Crippen LogP contribution in [0.3, 0.4) is 0 Å². The summed E-state index contributed by atoms with van der Waals surface area (Å²) < 4.78 is 11.3. The standard InChI is InChI=1S/C26H29NO4/c1-3-31-24-17-20(11-12-23(24)30-2)25(27-15-13-19(14-16-27)26(28)29)22-10-6-8-18-7-4-5-9-21(18)22/h4-12,17,19,25H,3,13-16H2,1-2H3,(H,28,29). The highest BCUT2D eigenvalue weighted by Crippen LogP contribution is 2.39. The fourth-order valence-corrected chi connectivity index (χ4v) is 4.61. The van der Waals surface area contributed by atoms with Crippen LogP contribution >= 0.6 is 0 Å². The largest absolute Gasteiger partial charge is 0.493 e. The van der Waals surface area contributed by atoms with Crippen LogP contribution in [0.25, 0.3) is 10.8 Å². The number of benzene rings is 3. The molecule has 31 heavy (non-hydrogen) atoms. The van der Waals surface area contributed by atoms with Crippen molar-refractivity contribution in [3.8, 4) is 11.5 Å². The van der Waals surface area contributed by atoms with Crippen LogP contribution in [-0.2, 0) is 4.79 Å². The first-order valence-corrected chi connectivity index (χ1v) is 10.9. The van der Waals surface area contributed by atoms with Gasteiger partial charge in [-0.2, -0.15) is 0 Å². The van der Waals surface area contributed by atoms with E-state index >= 15 is 0 Å². The zero-order valence-electron chi connectivity index (χ0n) is 18.1. The molecule has 1 aliphatic rings. The number of carboxylic acid groups (broad SMARTS) is 1. The molecule has 3 aromatic carbocycles. The van der Waals surface area contributed by atoms with Gasteiger partial charge in [0.1, 0.15) is 0 Å². The number of ether oxygens (including phenoxy) is 2. The minimum atomic E-state index is -0.690. The van der Waals surface area contributed by atoms with Gasteiger partial charge in [0, 0.05) is 0 Å². The molecule has 0 aliphatic carbocycles. The van der Waals surface area contributed by atoms with Crippen molar-refractivity contribution in [1.82, 2.24) is 4.90 Å². The summed E-state index contributed by atoms with van der Waals surface area (Å²) in [4.78, 5) is 13.9. The zero-order valence-corrected chi connectivity index (χ0v) is 18.1. The Hall–Kier alpha value is -3.05. The lowest BCUT2D eigenvalue weighted by Gasteiger charge is -2.37. The number of aliphatic carboxylic acids is 1. The summed E-state index contributed by atoms with van der Waals surface area (Å²) in [5.41, 5.74) is 2.34. The Kier molecular flexibility index (Phi) is 6.42. The van der Waals surface area contributed by atoms with Crippen LogP contribution in [0.4, 0.5) is 0 Å². The van der Waals surface area contributed by atoms with Gasteiger partial charge >= 0.3 is 5.97 Å². The molecule has 0 amide bonds. The molecule has 4 rings (SSSR count). The van der Waals surface area contributed by atoms with E-state index in [1.165, 1.54) is 16.3 Å². The first kappa shape index (κ1) is 21.2. The Labute approximate surface area is 183 Å². The van der Waals surface area contributed by atoms with Gasteiger partial charge in [0.2, 0.25) is 0 Å². The Morgan fingerprint density at radius 3 is 2.52 bits per heavy atom. The fourth-order valence-electron chi connectivity index (χ4n) is 4.61. The van der Waals surface area contributed by atoms with Crippen molar-refractivity contribution in [2.24, 2.45) is 5.92 Å². The predicted molar refractivity (Wildman–Crippen MR) is 122 cm³/mol. The molecule has 5 nitrogen and oxygen atoms in total. The van der Waals surface area contributed by atoms with Gasteiger partial charge in [-0.15, -0.1) is 0 Å². The number of carbonyl (C=O) groups is 1. The van der Waals surface area contributed by atoms with E-state index in [1.807, 2.05) is 13.0 Å². The van der Waals surface area contributed by atoms with Gasteiger partial charge in [-0.05, 0) is 66.9 Å². The normalized spacial score (nSPS) is 16.2. The molecular weight excluding hydrogens is 390 g/mol. The van der Waals surface area contributed by atoms with E-state index in [1.54, 1.807) is 7.11 Å². The topological polar surface area (TPSA) is 59.0 Å². The van der Waals surface area contributed by atoms with Gasteiger partial charge in [0.05, 0.1) is 25.7 Å². The minimum Gasteiger partial charge on any atom is -0.493 e. The van der Waals surface area contributed by atoms with Crippen molar-refractivity contribution in [2.45, 2.75) is 25.8 Å². The summed E-state index contributed by atoms with van der Waals surface area (Å²) in [7, 11) is 1.65. The smallest absolute Gasteiger partial charge is 0.306 e. The molecule has 0 bridgehead atoms. The van der Waals surface area contributed by atoms with Gasteiger partial charge in [0.15, 0.2) is 11.5 Å². The molecule has 0 aromatic heterocycles. The third-order valence-electron chi connectivity index (χ3n) is 6.17. The third kappa shape index (κ3) is 4.37. The number of methoxy groups -OCH3 is 1. The molecule has 1 unspecified atom stereocenters. The van der Waals surface area contributed by atoms with Crippen LogP contribution in [-0.4, -0.2) is 42.8 Å². The maximum absolute atomic E-state index is 11.5. The molecule has 1 aliphatic heterocycles. The molecule has 5 heteroatoms. The summed E-state index contributed by atoms with van der Waals surface area (Å²) in [6, 6.07) is 21.0. The number of hydrogen-bond donors (Lipinski definition) is 1. The molecule has 1 N–H and O–H groups in total. The van der Waals surface area contributed by atoms with E-state index in [0.717, 1.165) is 24.4 Å². The summed E-state index contributed by atoms with van der Waals surface area (Å²) in [5.74, 6) is 0.490. The molecule has 0 spiro atoms. The van der Waals surface area contributed by atoms with Crippen LogP contribution in [0, 0.1) is 5.92 Å². The van der Waals surface area contributed by atoms with E-state index in [9.17, 15) is 9.90 Å². The molecule has 0 saturated carbocycles. The van der Waals surface area contributed by atoms with Crippen molar-refractivity contribution in [2.75, 3.05) is 26.8 Å². The second-order valence-electron chi connectivity index (χ2n) is 7.96. The number of fused-ring (bicyclic) bond motifs is 1. The van der Waals surface area contributed by atoms with E-state index < -0.39 is 5.97 Å². The van der Waals surface area contributed by atoms with Crippen molar-refractivity contribution in [1.29, 1.82) is 0 Å². The number of nitrogens with zero attached hydrogens (tertiary/aromatic N) is 1. The highest BCUT2D eigenvalue weighted by molar-refractivity contribution is 5.86. The number of piperidine rings is 1. The van der Waals surface area contributed by atoms with Crippen molar-refractivity contribution in [3.05, 3.63) is 71.8 Å². The van der Waals surface area contributed by atoms with E-state index in [-0.39, 0.29) is 12.0 Å². The summed E-state index contributed by atoms with van der Waals surface area (Å²) in [5, 5.41) is 11.9. The van der Waals surface area contributed by atoms with Crippen LogP contribution in [0.2, 0.25) is 0 Å². The number of hydrogen-bond acceptors (Lipinski definition) is 4. The lowest BCUT2D eigenvalue weighted by molar-refractivity contribution is -0.143. The minimum absolute atomic E-state index is 0.00552. The fraction of sp³-hybridized carbons (Fsp3) is 0.346. The highest BCUT2D eigenvalue weighted by atomic mass is 16.5. The Balaban J connectivity index is 1.80. The lowest BCUT2D eigenvalue weighted by Crippen LogP contribution is -2.39. The Morgan fingerprint density at radius 1 is 1.06 bits per heavy atom. The Bertz CT molecular complexity index is 1050. The van der Waals surface area contributed by atoms with Crippen molar-refractivity contribution < 1.29 is 19.4 Å². The number of rotatable bonds is 7. The summed E-state index contributed by atoms with van der Waals surface area (Å²) in [6.07, 6.45) is 1.32. The number of carboxylic acids is 1. The lowest BCUT2D eigenvalue weighted by atomic mass is 9.89. The molecule has 1 heterocycles. The van der Waals surface area contributed by atoms with Crippen LogP contribution in [0.5, 0.6) is 11.5 Å². The second kappa shape index (κ2) is 9.40. The molecule has 1 saturated heterocycles. The van der Waals surface area contributed by atoms with Crippen LogP contribution in [0.1, 0.15) is 36.9 Å². The number of likely N-dealkylation sites (tertiary alicyclic amines) is 1. The van der Waals surface area contributed by atoms with Gasteiger partial charge < -0.3 is 14.6 Å². The first-order chi connectivity index (χ1) is 15.1. The molecule has 1 atom stereocenters.